The van der Waals surface area contributed by atoms with E-state index in [1.807, 2.05) is 13.1 Å². The maximum absolute atomic E-state index is 4.33. The maximum Gasteiger partial charge on any atom is 0.0529 e. The van der Waals surface area contributed by atoms with Gasteiger partial charge in [0.15, 0.2) is 0 Å². The summed E-state index contributed by atoms with van der Waals surface area (Å²) in [7, 11) is 0. The number of aryl methyl sites for hydroxylation is 2. The van der Waals surface area contributed by atoms with Gasteiger partial charge in [-0.15, -0.1) is 0 Å². The minimum Gasteiger partial charge on any atom is -0.381 e. The van der Waals surface area contributed by atoms with Crippen molar-refractivity contribution in [2.24, 2.45) is 0 Å². The number of nitrogens with zero attached hydrogens (tertiary/aromatic N) is 1. The van der Waals surface area contributed by atoms with E-state index in [1.54, 1.807) is 0 Å². The standard InChI is InChI=1S/C16H17BrN2/c1-11-2-6-16(10-18-11)19-15-7-4-12-8-14(17)5-3-13(12)9-15/h2-3,5-6,8,10,15,19H,4,7,9H2,1H3. The van der Waals surface area contributed by atoms with Crippen LogP contribution in [-0.4, -0.2) is 11.0 Å². The normalized spacial score (nSPS) is 17.9. The van der Waals surface area contributed by atoms with Gasteiger partial charge in [-0.3, -0.25) is 4.98 Å². The summed E-state index contributed by atoms with van der Waals surface area (Å²) in [6, 6.07) is 11.3. The molecule has 0 fully saturated rings. The Morgan fingerprint density at radius 2 is 2.11 bits per heavy atom. The van der Waals surface area contributed by atoms with Crippen molar-refractivity contribution < 1.29 is 0 Å². The predicted octanol–water partition coefficient (Wildman–Crippen LogP) is 4.12. The summed E-state index contributed by atoms with van der Waals surface area (Å²) in [5, 5.41) is 3.59. The number of benzene rings is 1. The maximum atomic E-state index is 4.33. The molecular weight excluding hydrogens is 300 g/mol. The number of fused-ring (bicyclic) bond motifs is 1. The first-order valence-electron chi connectivity index (χ1n) is 6.67. The summed E-state index contributed by atoms with van der Waals surface area (Å²) in [5.41, 5.74) is 5.13. The van der Waals surface area contributed by atoms with Crippen molar-refractivity contribution >= 4 is 21.6 Å². The van der Waals surface area contributed by atoms with Crippen molar-refractivity contribution in [2.45, 2.75) is 32.2 Å². The molecule has 1 heterocycles. The Bertz CT molecular complexity index is 578. The molecule has 19 heavy (non-hydrogen) atoms. The molecule has 1 aromatic carbocycles. The van der Waals surface area contributed by atoms with E-state index in [-0.39, 0.29) is 0 Å². The molecule has 1 unspecified atom stereocenters. The molecule has 1 aliphatic carbocycles. The Morgan fingerprint density at radius 1 is 1.21 bits per heavy atom. The monoisotopic (exact) mass is 316 g/mol. The van der Waals surface area contributed by atoms with Gasteiger partial charge in [-0.1, -0.05) is 22.0 Å². The lowest BCUT2D eigenvalue weighted by molar-refractivity contribution is 0.610. The van der Waals surface area contributed by atoms with Gasteiger partial charge in [0.2, 0.25) is 0 Å². The van der Waals surface area contributed by atoms with Crippen LogP contribution in [0.2, 0.25) is 0 Å². The minimum atomic E-state index is 0.512. The number of hydrogen-bond acceptors (Lipinski definition) is 2. The molecule has 2 nitrogen and oxygen atoms in total. The number of nitrogens with one attached hydrogen (secondary N) is 1. The van der Waals surface area contributed by atoms with Crippen molar-refractivity contribution in [1.82, 2.24) is 4.98 Å². The molecule has 0 saturated carbocycles. The van der Waals surface area contributed by atoms with E-state index in [4.69, 9.17) is 0 Å². The van der Waals surface area contributed by atoms with Crippen LogP contribution < -0.4 is 5.32 Å². The van der Waals surface area contributed by atoms with Gasteiger partial charge < -0.3 is 5.32 Å². The van der Waals surface area contributed by atoms with Crippen molar-refractivity contribution in [3.8, 4) is 0 Å². The van der Waals surface area contributed by atoms with Gasteiger partial charge in [-0.25, -0.2) is 0 Å². The van der Waals surface area contributed by atoms with E-state index < -0.39 is 0 Å². The van der Waals surface area contributed by atoms with Gasteiger partial charge in [0.25, 0.3) is 0 Å². The Kier molecular flexibility index (Phi) is 3.56. The zero-order chi connectivity index (χ0) is 13.2. The highest BCUT2D eigenvalue weighted by atomic mass is 79.9. The summed E-state index contributed by atoms with van der Waals surface area (Å²) in [5.74, 6) is 0. The molecule has 0 amide bonds. The molecule has 2 aromatic rings. The molecule has 1 atom stereocenters. The van der Waals surface area contributed by atoms with Crippen LogP contribution in [0, 0.1) is 6.92 Å². The summed E-state index contributed by atoms with van der Waals surface area (Å²) >= 11 is 3.54. The molecule has 0 radical (unpaired) electrons. The molecule has 1 N–H and O–H groups in total. The van der Waals surface area contributed by atoms with Crippen LogP contribution in [0.15, 0.2) is 41.0 Å². The summed E-state index contributed by atoms with van der Waals surface area (Å²) in [6.45, 7) is 2.01. The first-order chi connectivity index (χ1) is 9.20. The minimum absolute atomic E-state index is 0.512. The number of aromatic nitrogens is 1. The van der Waals surface area contributed by atoms with Crippen molar-refractivity contribution in [1.29, 1.82) is 0 Å². The second-order valence-corrected chi connectivity index (χ2v) is 6.10. The third-order valence-corrected chi connectivity index (χ3v) is 4.17. The Labute approximate surface area is 122 Å². The SMILES string of the molecule is Cc1ccc(NC2CCc3cc(Br)ccc3C2)cn1. The molecular formula is C16H17BrN2. The molecule has 0 saturated heterocycles. The van der Waals surface area contributed by atoms with Crippen molar-refractivity contribution in [3.63, 3.8) is 0 Å². The summed E-state index contributed by atoms with van der Waals surface area (Å²) < 4.78 is 1.18. The topological polar surface area (TPSA) is 24.9 Å². The average molecular weight is 317 g/mol. The molecule has 3 rings (SSSR count). The van der Waals surface area contributed by atoms with Gasteiger partial charge in [-0.2, -0.15) is 0 Å². The highest BCUT2D eigenvalue weighted by Crippen LogP contribution is 2.26. The van der Waals surface area contributed by atoms with Crippen molar-refractivity contribution in [3.05, 3.63) is 57.8 Å². The van der Waals surface area contributed by atoms with E-state index >= 15 is 0 Å². The Balaban J connectivity index is 1.72. The van der Waals surface area contributed by atoms with Crippen LogP contribution in [-0.2, 0) is 12.8 Å². The predicted molar refractivity (Wildman–Crippen MR) is 82.6 cm³/mol. The van der Waals surface area contributed by atoms with Crippen LogP contribution in [0.5, 0.6) is 0 Å². The van der Waals surface area contributed by atoms with E-state index in [1.165, 1.54) is 22.0 Å². The quantitative estimate of drug-likeness (QED) is 0.901. The van der Waals surface area contributed by atoms with Crippen LogP contribution in [0.25, 0.3) is 0 Å². The third kappa shape index (κ3) is 2.98. The number of rotatable bonds is 2. The Morgan fingerprint density at radius 3 is 2.89 bits per heavy atom. The lowest BCUT2D eigenvalue weighted by Crippen LogP contribution is -2.27. The second kappa shape index (κ2) is 5.33. The van der Waals surface area contributed by atoms with Crippen LogP contribution in [0.1, 0.15) is 23.2 Å². The fraction of sp³-hybridized carbons (Fsp3) is 0.312. The van der Waals surface area contributed by atoms with E-state index in [0.29, 0.717) is 6.04 Å². The summed E-state index contributed by atoms with van der Waals surface area (Å²) in [4.78, 5) is 4.33. The lowest BCUT2D eigenvalue weighted by atomic mass is 9.88. The van der Waals surface area contributed by atoms with E-state index in [0.717, 1.165) is 24.2 Å². The van der Waals surface area contributed by atoms with Gasteiger partial charge in [0.05, 0.1) is 11.9 Å². The largest absolute Gasteiger partial charge is 0.381 e. The molecule has 1 aromatic heterocycles. The lowest BCUT2D eigenvalue weighted by Gasteiger charge is -2.26. The van der Waals surface area contributed by atoms with E-state index in [9.17, 15) is 0 Å². The van der Waals surface area contributed by atoms with Crippen molar-refractivity contribution in [2.75, 3.05) is 5.32 Å². The van der Waals surface area contributed by atoms with Gasteiger partial charge in [0, 0.05) is 16.2 Å². The zero-order valence-electron chi connectivity index (χ0n) is 11.0. The molecule has 1 aliphatic rings. The number of anilines is 1. The molecule has 98 valence electrons. The highest BCUT2D eigenvalue weighted by molar-refractivity contribution is 9.10. The Hall–Kier alpha value is -1.35. The summed E-state index contributed by atoms with van der Waals surface area (Å²) in [6.07, 6.45) is 5.34. The first-order valence-corrected chi connectivity index (χ1v) is 7.46. The zero-order valence-corrected chi connectivity index (χ0v) is 12.6. The molecule has 0 spiro atoms. The van der Waals surface area contributed by atoms with Gasteiger partial charge in [-0.05, 0) is 61.6 Å². The number of hydrogen-bond donors (Lipinski definition) is 1. The molecule has 3 heteroatoms. The molecule has 0 bridgehead atoms. The van der Waals surface area contributed by atoms with Crippen LogP contribution in [0.3, 0.4) is 0 Å². The average Bonchev–Trinajstić information content (AvgIpc) is 2.42. The van der Waals surface area contributed by atoms with E-state index in [2.05, 4.69) is 56.6 Å². The number of pyridine rings is 1. The van der Waals surface area contributed by atoms with Crippen LogP contribution >= 0.6 is 15.9 Å². The number of halogens is 1. The van der Waals surface area contributed by atoms with Crippen LogP contribution in [0.4, 0.5) is 5.69 Å². The second-order valence-electron chi connectivity index (χ2n) is 5.19. The van der Waals surface area contributed by atoms with Gasteiger partial charge in [0.1, 0.15) is 0 Å². The smallest absolute Gasteiger partial charge is 0.0529 e. The fourth-order valence-electron chi connectivity index (χ4n) is 2.64. The molecule has 0 aliphatic heterocycles. The third-order valence-electron chi connectivity index (χ3n) is 3.68. The highest BCUT2D eigenvalue weighted by Gasteiger charge is 2.18. The van der Waals surface area contributed by atoms with Gasteiger partial charge >= 0.3 is 0 Å². The fourth-order valence-corrected chi connectivity index (χ4v) is 3.04. The first kappa shape index (κ1) is 12.7.